The Morgan fingerprint density at radius 1 is 1.29 bits per heavy atom. The summed E-state index contributed by atoms with van der Waals surface area (Å²) in [5.41, 5.74) is 0.463. The molecule has 0 aliphatic carbocycles. The average molecular weight is 317 g/mol. The van der Waals surface area contributed by atoms with Crippen LogP contribution in [0.5, 0.6) is 5.75 Å². The lowest BCUT2D eigenvalue weighted by atomic mass is 10.1. The summed E-state index contributed by atoms with van der Waals surface area (Å²) in [6.07, 6.45) is -4.63. The number of ether oxygens (including phenoxy) is 1. The Bertz CT molecular complexity index is 610. The third-order valence-electron chi connectivity index (χ3n) is 2.58. The number of alkyl halides is 3. The van der Waals surface area contributed by atoms with E-state index in [1.54, 1.807) is 24.3 Å². The zero-order valence-corrected chi connectivity index (χ0v) is 12.2. The molecule has 1 unspecified atom stereocenters. The van der Waals surface area contributed by atoms with Crippen molar-refractivity contribution in [2.45, 2.75) is 32.2 Å². The highest BCUT2D eigenvalue weighted by Gasteiger charge is 2.35. The van der Waals surface area contributed by atoms with Gasteiger partial charge in [-0.3, -0.25) is 0 Å². The number of hydrogen-bond donors (Lipinski definition) is 1. The quantitative estimate of drug-likeness (QED) is 0.926. The highest BCUT2D eigenvalue weighted by molar-refractivity contribution is 7.11. The molecule has 0 spiro atoms. The van der Waals surface area contributed by atoms with Crippen molar-refractivity contribution in [3.05, 3.63) is 45.9 Å². The molecule has 0 aliphatic heterocycles. The number of hydrogen-bond acceptors (Lipinski definition) is 4. The molecule has 0 radical (unpaired) electrons. The molecule has 2 aromatic rings. The van der Waals surface area contributed by atoms with Gasteiger partial charge in [0.05, 0.1) is 11.0 Å². The fraction of sp³-hybridized carbons (Fsp3) is 0.357. The minimum Gasteiger partial charge on any atom is -0.491 e. The Kier molecular flexibility index (Phi) is 4.53. The molecule has 7 heteroatoms. The summed E-state index contributed by atoms with van der Waals surface area (Å²) in [5, 5.41) is 9.21. The second kappa shape index (κ2) is 6.03. The second-order valence-electron chi connectivity index (χ2n) is 4.71. The number of thiazole rings is 1. The van der Waals surface area contributed by atoms with E-state index in [1.807, 2.05) is 13.8 Å². The molecule has 114 valence electrons. The van der Waals surface area contributed by atoms with Gasteiger partial charge in [0.25, 0.3) is 0 Å². The van der Waals surface area contributed by atoms with Crippen molar-refractivity contribution in [3.63, 3.8) is 0 Å². The number of nitrogens with zero attached hydrogens (tertiary/aromatic N) is 1. The van der Waals surface area contributed by atoms with Gasteiger partial charge in [0.1, 0.15) is 11.9 Å². The predicted molar refractivity (Wildman–Crippen MR) is 73.4 cm³/mol. The largest absolute Gasteiger partial charge is 0.491 e. The summed E-state index contributed by atoms with van der Waals surface area (Å²) in [7, 11) is 0. The van der Waals surface area contributed by atoms with E-state index >= 15 is 0 Å². The van der Waals surface area contributed by atoms with E-state index in [4.69, 9.17) is 4.74 Å². The van der Waals surface area contributed by atoms with Gasteiger partial charge in [0.2, 0.25) is 0 Å². The number of rotatable bonds is 4. The Balaban J connectivity index is 2.23. The van der Waals surface area contributed by atoms with Gasteiger partial charge in [-0.1, -0.05) is 12.1 Å². The topological polar surface area (TPSA) is 42.4 Å². The van der Waals surface area contributed by atoms with Crippen LogP contribution in [0.25, 0.3) is 0 Å². The second-order valence-corrected chi connectivity index (χ2v) is 5.77. The summed E-state index contributed by atoms with van der Waals surface area (Å²) >= 11 is 0.436. The van der Waals surface area contributed by atoms with Crippen LogP contribution in [0.15, 0.2) is 30.5 Å². The number of aliphatic hydroxyl groups excluding tert-OH is 1. The highest BCUT2D eigenvalue weighted by Crippen LogP contribution is 2.36. The van der Waals surface area contributed by atoms with E-state index in [-0.39, 0.29) is 11.0 Å². The molecule has 1 aromatic heterocycles. The molecule has 1 N–H and O–H groups in total. The Morgan fingerprint density at radius 3 is 2.57 bits per heavy atom. The van der Waals surface area contributed by atoms with Crippen LogP contribution in [0.3, 0.4) is 0 Å². The van der Waals surface area contributed by atoms with Crippen molar-refractivity contribution in [1.82, 2.24) is 4.98 Å². The molecule has 0 bridgehead atoms. The maximum absolute atomic E-state index is 12.5. The fourth-order valence-electron chi connectivity index (χ4n) is 1.74. The lowest BCUT2D eigenvalue weighted by Crippen LogP contribution is -2.06. The molecule has 2 rings (SSSR count). The number of aromatic nitrogens is 1. The number of halogens is 3. The normalized spacial score (nSPS) is 13.5. The molecule has 3 nitrogen and oxygen atoms in total. The minimum absolute atomic E-state index is 0.0300. The monoisotopic (exact) mass is 317 g/mol. The van der Waals surface area contributed by atoms with Crippen molar-refractivity contribution in [2.24, 2.45) is 0 Å². The molecular weight excluding hydrogens is 303 g/mol. The average Bonchev–Trinajstić information content (AvgIpc) is 2.86. The lowest BCUT2D eigenvalue weighted by molar-refractivity contribution is -0.137. The first-order valence-corrected chi connectivity index (χ1v) is 7.06. The zero-order valence-electron chi connectivity index (χ0n) is 11.4. The van der Waals surface area contributed by atoms with Crippen LogP contribution in [0.2, 0.25) is 0 Å². The van der Waals surface area contributed by atoms with Gasteiger partial charge in [0, 0.05) is 6.20 Å². The summed E-state index contributed by atoms with van der Waals surface area (Å²) < 4.78 is 43.1. The summed E-state index contributed by atoms with van der Waals surface area (Å²) in [5.74, 6) is 0.558. The van der Waals surface area contributed by atoms with Crippen LogP contribution in [-0.2, 0) is 6.18 Å². The lowest BCUT2D eigenvalue weighted by Gasteiger charge is -2.13. The van der Waals surface area contributed by atoms with Gasteiger partial charge in [-0.15, -0.1) is 11.3 Å². The first kappa shape index (κ1) is 15.8. The van der Waals surface area contributed by atoms with Gasteiger partial charge in [-0.05, 0) is 31.5 Å². The SMILES string of the molecule is CC(C)Oc1cccc(C(O)c2cnc(C(F)(F)F)s2)c1. The van der Waals surface area contributed by atoms with Gasteiger partial charge < -0.3 is 9.84 Å². The van der Waals surface area contributed by atoms with Crippen LogP contribution in [-0.4, -0.2) is 16.2 Å². The van der Waals surface area contributed by atoms with Gasteiger partial charge >= 0.3 is 6.18 Å². The summed E-state index contributed by atoms with van der Waals surface area (Å²) in [4.78, 5) is 3.45. The Labute approximate surface area is 124 Å². The molecule has 0 saturated carbocycles. The summed E-state index contributed by atoms with van der Waals surface area (Å²) in [6.45, 7) is 3.73. The Morgan fingerprint density at radius 2 is 2.00 bits per heavy atom. The fourth-order valence-corrected chi connectivity index (χ4v) is 2.54. The molecule has 0 amide bonds. The van der Waals surface area contributed by atoms with Crippen molar-refractivity contribution < 1.29 is 23.0 Å². The van der Waals surface area contributed by atoms with E-state index in [1.165, 1.54) is 0 Å². The van der Waals surface area contributed by atoms with E-state index in [0.717, 1.165) is 6.20 Å². The molecule has 1 aromatic carbocycles. The standard InChI is InChI=1S/C14H14F3NO2S/c1-8(2)20-10-5-3-4-9(6-10)12(19)11-7-18-13(21-11)14(15,16)17/h3-8,12,19H,1-2H3. The van der Waals surface area contributed by atoms with Crippen molar-refractivity contribution in [2.75, 3.05) is 0 Å². The predicted octanol–water partition coefficient (Wildman–Crippen LogP) is 4.03. The van der Waals surface area contributed by atoms with Crippen LogP contribution in [0, 0.1) is 0 Å². The van der Waals surface area contributed by atoms with Crippen LogP contribution in [0.4, 0.5) is 13.2 Å². The van der Waals surface area contributed by atoms with E-state index < -0.39 is 17.3 Å². The molecule has 0 saturated heterocycles. The van der Waals surface area contributed by atoms with Crippen LogP contribution in [0.1, 0.15) is 35.4 Å². The van der Waals surface area contributed by atoms with Gasteiger partial charge in [0.15, 0.2) is 5.01 Å². The summed E-state index contributed by atoms with van der Waals surface area (Å²) in [6, 6.07) is 6.65. The first-order valence-electron chi connectivity index (χ1n) is 6.25. The third-order valence-corrected chi connectivity index (χ3v) is 3.68. The van der Waals surface area contributed by atoms with Crippen LogP contribution < -0.4 is 4.74 Å². The van der Waals surface area contributed by atoms with Gasteiger partial charge in [-0.25, -0.2) is 4.98 Å². The minimum atomic E-state index is -4.49. The molecule has 1 atom stereocenters. The molecule has 1 heterocycles. The molecule has 0 fully saturated rings. The highest BCUT2D eigenvalue weighted by atomic mass is 32.1. The molecular formula is C14H14F3NO2S. The third kappa shape index (κ3) is 3.95. The molecule has 21 heavy (non-hydrogen) atoms. The van der Waals surface area contributed by atoms with Crippen molar-refractivity contribution in [1.29, 1.82) is 0 Å². The van der Waals surface area contributed by atoms with E-state index in [9.17, 15) is 18.3 Å². The smallest absolute Gasteiger partial charge is 0.443 e. The van der Waals surface area contributed by atoms with Gasteiger partial charge in [-0.2, -0.15) is 13.2 Å². The zero-order chi connectivity index (χ0) is 15.6. The van der Waals surface area contributed by atoms with Crippen molar-refractivity contribution >= 4 is 11.3 Å². The number of aliphatic hydroxyl groups is 1. The first-order chi connectivity index (χ1) is 9.77. The Hall–Kier alpha value is -1.60. The maximum atomic E-state index is 12.5. The van der Waals surface area contributed by atoms with E-state index in [2.05, 4.69) is 4.98 Å². The maximum Gasteiger partial charge on any atom is 0.443 e. The van der Waals surface area contributed by atoms with Crippen LogP contribution >= 0.6 is 11.3 Å². The number of benzene rings is 1. The van der Waals surface area contributed by atoms with Crippen molar-refractivity contribution in [3.8, 4) is 5.75 Å². The van der Waals surface area contributed by atoms with E-state index in [0.29, 0.717) is 22.6 Å². The molecule has 0 aliphatic rings.